The van der Waals surface area contributed by atoms with Crippen molar-refractivity contribution in [3.05, 3.63) is 48.6 Å². The molecule has 0 aliphatic carbocycles. The van der Waals surface area contributed by atoms with Crippen LogP contribution in [0.1, 0.15) is 335 Å². The minimum atomic E-state index is -1.58. The van der Waals surface area contributed by atoms with Gasteiger partial charge in [0.25, 0.3) is 0 Å². The average molecular weight is 1170 g/mol. The molecule has 0 aromatic heterocycles. The summed E-state index contributed by atoms with van der Waals surface area (Å²) in [6.45, 7) is 4.31. The summed E-state index contributed by atoms with van der Waals surface area (Å²) in [4.78, 5) is 25.1. The molecule has 83 heavy (non-hydrogen) atoms. The van der Waals surface area contributed by atoms with Gasteiger partial charge in [0.15, 0.2) is 6.29 Å². The second-order valence-corrected chi connectivity index (χ2v) is 24.6. The molecular formula is C72H133NO10. The zero-order valence-corrected chi connectivity index (χ0v) is 53.9. The highest BCUT2D eigenvalue weighted by molar-refractivity contribution is 5.76. The molecule has 1 heterocycles. The zero-order valence-electron chi connectivity index (χ0n) is 53.9. The monoisotopic (exact) mass is 1170 g/mol. The summed E-state index contributed by atoms with van der Waals surface area (Å²) in [5, 5.41) is 54.3. The van der Waals surface area contributed by atoms with Gasteiger partial charge in [-0.1, -0.05) is 294 Å². The Labute approximate surface area is 510 Å². The zero-order chi connectivity index (χ0) is 60.2. The minimum Gasteiger partial charge on any atom is -0.466 e. The molecule has 7 atom stereocenters. The number of carbonyl (C=O) groups excluding carboxylic acids is 2. The molecule has 11 heteroatoms. The first-order valence-electron chi connectivity index (χ1n) is 35.4. The van der Waals surface area contributed by atoms with Gasteiger partial charge in [-0.25, -0.2) is 0 Å². The Morgan fingerprint density at radius 1 is 0.446 bits per heavy atom. The summed E-state index contributed by atoms with van der Waals surface area (Å²) >= 11 is 0. The Hall–Kier alpha value is -2.38. The van der Waals surface area contributed by atoms with Crippen LogP contribution in [0.25, 0.3) is 0 Å². The molecule has 0 saturated carbocycles. The van der Waals surface area contributed by atoms with Crippen LogP contribution in [0.15, 0.2) is 48.6 Å². The van der Waals surface area contributed by atoms with Gasteiger partial charge >= 0.3 is 5.97 Å². The van der Waals surface area contributed by atoms with Crippen molar-refractivity contribution in [2.75, 3.05) is 19.8 Å². The van der Waals surface area contributed by atoms with E-state index in [1.54, 1.807) is 6.08 Å². The third kappa shape index (κ3) is 50.3. The molecule has 1 amide bonds. The van der Waals surface area contributed by atoms with Crippen molar-refractivity contribution in [2.24, 2.45) is 0 Å². The van der Waals surface area contributed by atoms with Gasteiger partial charge in [0, 0.05) is 12.8 Å². The highest BCUT2D eigenvalue weighted by Crippen LogP contribution is 2.23. The standard InChI is InChI=1S/C72H133NO10/c1-3-5-7-9-11-13-15-40-44-48-52-56-60-68(77)81-61-57-53-49-45-41-38-36-34-32-30-28-26-24-22-20-18-16-17-19-21-23-25-27-29-31-33-35-37-39-43-47-51-55-59-67(76)73-64(63-82-72-71(80)70(79)69(78)66(62-74)83-72)65(75)58-54-50-46-42-14-12-10-8-6-4-2/h14,20,22,26,28,42,54,58,64-66,69-72,74-75,78-80H,3-13,15-19,21,23-25,27,29-41,43-53,55-57,59-63H2,1-2H3,(H,73,76)/b22-20-,28-26-,42-14+,58-54+. The first-order chi connectivity index (χ1) is 40.7. The van der Waals surface area contributed by atoms with Gasteiger partial charge < -0.3 is 45.1 Å². The predicted molar refractivity (Wildman–Crippen MR) is 347 cm³/mol. The highest BCUT2D eigenvalue weighted by Gasteiger charge is 2.44. The number of esters is 1. The van der Waals surface area contributed by atoms with Crippen LogP contribution in [0.2, 0.25) is 0 Å². The summed E-state index contributed by atoms with van der Waals surface area (Å²) in [7, 11) is 0. The Bertz CT molecular complexity index is 1520. The molecule has 1 fully saturated rings. The van der Waals surface area contributed by atoms with Crippen molar-refractivity contribution in [1.29, 1.82) is 0 Å². The van der Waals surface area contributed by atoms with Gasteiger partial charge in [0.05, 0.1) is 32.0 Å². The van der Waals surface area contributed by atoms with Gasteiger partial charge in [-0.15, -0.1) is 0 Å². The smallest absolute Gasteiger partial charge is 0.305 e. The SMILES string of the molecule is CCCCCC/C=C/CC/C=C/C(O)C(COC1OC(CO)C(O)C(O)C1O)NC(=O)CCCCCCCCCCCCCCCCCCC/C=C\C/C=C\CCCCCCCCCCCOC(=O)CCCCCCCCCCCCCC. The fourth-order valence-corrected chi connectivity index (χ4v) is 11.1. The molecular weight excluding hydrogens is 1040 g/mol. The van der Waals surface area contributed by atoms with Crippen LogP contribution in [0.4, 0.5) is 0 Å². The summed E-state index contributed by atoms with van der Waals surface area (Å²) < 4.78 is 16.7. The summed E-state index contributed by atoms with van der Waals surface area (Å²) in [5.74, 6) is -0.184. The van der Waals surface area contributed by atoms with E-state index in [0.717, 1.165) is 64.2 Å². The number of carbonyl (C=O) groups is 2. The summed E-state index contributed by atoms with van der Waals surface area (Å²) in [6.07, 6.45) is 69.8. The maximum atomic E-state index is 13.0. The van der Waals surface area contributed by atoms with Crippen molar-refractivity contribution in [1.82, 2.24) is 5.32 Å². The number of aliphatic hydroxyl groups is 5. The molecule has 0 aromatic carbocycles. The molecule has 0 aromatic rings. The van der Waals surface area contributed by atoms with Crippen molar-refractivity contribution < 1.29 is 49.3 Å². The van der Waals surface area contributed by atoms with E-state index in [2.05, 4.69) is 55.6 Å². The van der Waals surface area contributed by atoms with Gasteiger partial charge in [-0.2, -0.15) is 0 Å². The Balaban J connectivity index is 1.94. The third-order valence-corrected chi connectivity index (χ3v) is 16.7. The van der Waals surface area contributed by atoms with E-state index in [0.29, 0.717) is 19.4 Å². The Morgan fingerprint density at radius 2 is 0.819 bits per heavy atom. The fourth-order valence-electron chi connectivity index (χ4n) is 11.1. The Kier molecular flexibility index (Phi) is 58.0. The first kappa shape index (κ1) is 78.6. The van der Waals surface area contributed by atoms with Crippen LogP contribution in [-0.4, -0.2) is 100 Å². The molecule has 1 saturated heterocycles. The number of rotatable bonds is 62. The average Bonchev–Trinajstić information content (AvgIpc) is 3.53. The number of nitrogens with one attached hydrogen (secondary N) is 1. The van der Waals surface area contributed by atoms with Crippen molar-refractivity contribution in [3.8, 4) is 0 Å². The van der Waals surface area contributed by atoms with Crippen molar-refractivity contribution >= 4 is 11.9 Å². The first-order valence-corrected chi connectivity index (χ1v) is 35.4. The van der Waals surface area contributed by atoms with E-state index >= 15 is 0 Å². The predicted octanol–water partition coefficient (Wildman–Crippen LogP) is 18.0. The van der Waals surface area contributed by atoms with Crippen LogP contribution in [-0.2, 0) is 23.8 Å². The van der Waals surface area contributed by atoms with E-state index < -0.39 is 49.5 Å². The highest BCUT2D eigenvalue weighted by atomic mass is 16.7. The van der Waals surface area contributed by atoms with E-state index in [4.69, 9.17) is 14.2 Å². The van der Waals surface area contributed by atoms with Crippen molar-refractivity contribution in [3.63, 3.8) is 0 Å². The van der Waals surface area contributed by atoms with Gasteiger partial charge in [-0.05, 0) is 77.0 Å². The number of aliphatic hydroxyl groups excluding tert-OH is 5. The quantitative estimate of drug-likeness (QED) is 0.0195. The van der Waals surface area contributed by atoms with E-state index in [-0.39, 0.29) is 18.5 Å². The number of allylic oxidation sites excluding steroid dienone is 7. The minimum absolute atomic E-state index is 0.00737. The molecule has 11 nitrogen and oxygen atoms in total. The van der Waals surface area contributed by atoms with Crippen LogP contribution in [0.5, 0.6) is 0 Å². The van der Waals surface area contributed by atoms with Gasteiger partial charge in [-0.3, -0.25) is 9.59 Å². The van der Waals surface area contributed by atoms with Crippen molar-refractivity contribution in [2.45, 2.75) is 378 Å². The number of hydrogen-bond donors (Lipinski definition) is 6. The lowest BCUT2D eigenvalue weighted by molar-refractivity contribution is -0.302. The molecule has 1 rings (SSSR count). The van der Waals surface area contributed by atoms with E-state index in [1.807, 2.05) is 6.08 Å². The molecule has 1 aliphatic rings. The van der Waals surface area contributed by atoms with Crippen LogP contribution in [0.3, 0.4) is 0 Å². The lowest BCUT2D eigenvalue weighted by Gasteiger charge is -2.40. The lowest BCUT2D eigenvalue weighted by atomic mass is 9.99. The van der Waals surface area contributed by atoms with E-state index in [1.165, 1.54) is 244 Å². The Morgan fingerprint density at radius 3 is 1.28 bits per heavy atom. The topological polar surface area (TPSA) is 175 Å². The lowest BCUT2D eigenvalue weighted by Crippen LogP contribution is -2.60. The molecule has 1 aliphatic heterocycles. The number of hydrogen-bond acceptors (Lipinski definition) is 10. The van der Waals surface area contributed by atoms with Crippen LogP contribution < -0.4 is 5.32 Å². The normalized spacial score (nSPS) is 18.4. The maximum absolute atomic E-state index is 13.0. The van der Waals surface area contributed by atoms with E-state index in [9.17, 15) is 35.1 Å². The molecule has 486 valence electrons. The number of ether oxygens (including phenoxy) is 3. The molecule has 0 radical (unpaired) electrons. The molecule has 0 bridgehead atoms. The number of amides is 1. The van der Waals surface area contributed by atoms with Gasteiger partial charge in [0.2, 0.25) is 5.91 Å². The fraction of sp³-hybridized carbons (Fsp3) is 0.861. The summed E-state index contributed by atoms with van der Waals surface area (Å²) in [5.41, 5.74) is 0. The largest absolute Gasteiger partial charge is 0.466 e. The third-order valence-electron chi connectivity index (χ3n) is 16.7. The molecule has 6 N–H and O–H groups in total. The van der Waals surface area contributed by atoms with Crippen LogP contribution >= 0.6 is 0 Å². The second kappa shape index (κ2) is 61.3. The maximum Gasteiger partial charge on any atom is 0.305 e. The van der Waals surface area contributed by atoms with Gasteiger partial charge in [0.1, 0.15) is 24.4 Å². The molecule has 7 unspecified atom stereocenters. The summed E-state index contributed by atoms with van der Waals surface area (Å²) in [6, 6.07) is -0.825. The van der Waals surface area contributed by atoms with Crippen LogP contribution in [0, 0.1) is 0 Å². The second-order valence-electron chi connectivity index (χ2n) is 24.6. The number of unbranched alkanes of at least 4 members (excludes halogenated alkanes) is 42. The molecule has 0 spiro atoms.